The lowest BCUT2D eigenvalue weighted by Gasteiger charge is -2.19. The maximum Gasteiger partial charge on any atom is 0.338 e. The molecule has 2 unspecified atom stereocenters. The number of esters is 2. The highest BCUT2D eigenvalue weighted by molar-refractivity contribution is 5.89. The van der Waals surface area contributed by atoms with E-state index in [1.165, 1.54) is 0 Å². The third kappa shape index (κ3) is 4.58. The SMILES string of the molecule is CCCCCOC(=O)C1CCCC1OC(=O)c1ccccc1. The first kappa shape index (κ1) is 16.5. The fourth-order valence-corrected chi connectivity index (χ4v) is 2.75. The van der Waals surface area contributed by atoms with Gasteiger partial charge in [0, 0.05) is 0 Å². The smallest absolute Gasteiger partial charge is 0.338 e. The number of benzene rings is 1. The van der Waals surface area contributed by atoms with Crippen LogP contribution in [0.3, 0.4) is 0 Å². The van der Waals surface area contributed by atoms with Gasteiger partial charge in [-0.1, -0.05) is 38.0 Å². The molecule has 1 fully saturated rings. The van der Waals surface area contributed by atoms with Crippen LogP contribution in [0.5, 0.6) is 0 Å². The average Bonchev–Trinajstić information content (AvgIpc) is 3.00. The van der Waals surface area contributed by atoms with Gasteiger partial charge in [0.15, 0.2) is 0 Å². The highest BCUT2D eigenvalue weighted by atomic mass is 16.6. The molecule has 4 heteroatoms. The van der Waals surface area contributed by atoms with Crippen molar-refractivity contribution in [3.8, 4) is 0 Å². The second kappa shape index (κ2) is 8.57. The van der Waals surface area contributed by atoms with Crippen LogP contribution in [-0.4, -0.2) is 24.6 Å². The summed E-state index contributed by atoms with van der Waals surface area (Å²) in [6, 6.07) is 8.88. The molecule has 0 aliphatic heterocycles. The molecule has 0 aromatic heterocycles. The molecule has 0 radical (unpaired) electrons. The van der Waals surface area contributed by atoms with Gasteiger partial charge in [-0.05, 0) is 37.8 Å². The zero-order valence-corrected chi connectivity index (χ0v) is 13.1. The topological polar surface area (TPSA) is 52.6 Å². The fraction of sp³-hybridized carbons (Fsp3) is 0.556. The van der Waals surface area contributed by atoms with E-state index in [1.54, 1.807) is 24.3 Å². The van der Waals surface area contributed by atoms with Crippen LogP contribution in [0.15, 0.2) is 30.3 Å². The molecule has 1 aliphatic carbocycles. The molecule has 1 saturated carbocycles. The summed E-state index contributed by atoms with van der Waals surface area (Å²) in [5, 5.41) is 0. The first-order valence-electron chi connectivity index (χ1n) is 8.15. The molecule has 1 aromatic rings. The molecule has 22 heavy (non-hydrogen) atoms. The van der Waals surface area contributed by atoms with Crippen molar-refractivity contribution in [1.82, 2.24) is 0 Å². The van der Waals surface area contributed by atoms with Crippen molar-refractivity contribution in [3.05, 3.63) is 35.9 Å². The predicted octanol–water partition coefficient (Wildman–Crippen LogP) is 3.75. The zero-order chi connectivity index (χ0) is 15.8. The van der Waals surface area contributed by atoms with Crippen molar-refractivity contribution in [1.29, 1.82) is 0 Å². The van der Waals surface area contributed by atoms with E-state index in [0.717, 1.165) is 38.5 Å². The predicted molar refractivity (Wildman–Crippen MR) is 83.5 cm³/mol. The molecule has 0 bridgehead atoms. The Morgan fingerprint density at radius 1 is 1.14 bits per heavy atom. The Morgan fingerprint density at radius 2 is 1.91 bits per heavy atom. The van der Waals surface area contributed by atoms with Gasteiger partial charge in [-0.25, -0.2) is 4.79 Å². The second-order valence-corrected chi connectivity index (χ2v) is 5.72. The van der Waals surface area contributed by atoms with Crippen LogP contribution < -0.4 is 0 Å². The molecule has 120 valence electrons. The van der Waals surface area contributed by atoms with E-state index in [0.29, 0.717) is 12.2 Å². The lowest BCUT2D eigenvalue weighted by atomic mass is 10.1. The van der Waals surface area contributed by atoms with Crippen LogP contribution in [0, 0.1) is 5.92 Å². The van der Waals surface area contributed by atoms with Gasteiger partial charge in [0.2, 0.25) is 0 Å². The fourth-order valence-electron chi connectivity index (χ4n) is 2.75. The monoisotopic (exact) mass is 304 g/mol. The first-order chi connectivity index (χ1) is 10.7. The normalized spacial score (nSPS) is 20.6. The van der Waals surface area contributed by atoms with Crippen molar-refractivity contribution < 1.29 is 19.1 Å². The summed E-state index contributed by atoms with van der Waals surface area (Å²) in [6.07, 6.45) is 5.05. The van der Waals surface area contributed by atoms with Gasteiger partial charge in [0.1, 0.15) is 6.10 Å². The van der Waals surface area contributed by atoms with E-state index in [4.69, 9.17) is 9.47 Å². The molecular weight excluding hydrogens is 280 g/mol. The van der Waals surface area contributed by atoms with Crippen LogP contribution >= 0.6 is 0 Å². The van der Waals surface area contributed by atoms with Gasteiger partial charge < -0.3 is 9.47 Å². The van der Waals surface area contributed by atoms with Crippen LogP contribution in [-0.2, 0) is 14.3 Å². The molecule has 1 aromatic carbocycles. The van der Waals surface area contributed by atoms with E-state index in [2.05, 4.69) is 6.92 Å². The van der Waals surface area contributed by atoms with Crippen molar-refractivity contribution in [3.63, 3.8) is 0 Å². The number of hydrogen-bond donors (Lipinski definition) is 0. The van der Waals surface area contributed by atoms with E-state index in [-0.39, 0.29) is 24.0 Å². The number of carbonyl (C=O) groups is 2. The Bertz CT molecular complexity index is 483. The minimum absolute atomic E-state index is 0.223. The number of ether oxygens (including phenoxy) is 2. The van der Waals surface area contributed by atoms with Crippen LogP contribution in [0.4, 0.5) is 0 Å². The molecule has 2 rings (SSSR count). The van der Waals surface area contributed by atoms with Crippen LogP contribution in [0.25, 0.3) is 0 Å². The second-order valence-electron chi connectivity index (χ2n) is 5.72. The summed E-state index contributed by atoms with van der Waals surface area (Å²) >= 11 is 0. The lowest BCUT2D eigenvalue weighted by molar-refractivity contribution is -0.151. The molecule has 0 heterocycles. The Balaban J connectivity index is 1.85. The van der Waals surface area contributed by atoms with Gasteiger partial charge in [-0.3, -0.25) is 4.79 Å². The van der Waals surface area contributed by atoms with E-state index in [1.807, 2.05) is 6.07 Å². The van der Waals surface area contributed by atoms with E-state index in [9.17, 15) is 9.59 Å². The molecule has 2 atom stereocenters. The third-order valence-electron chi connectivity index (χ3n) is 4.02. The summed E-state index contributed by atoms with van der Waals surface area (Å²) in [6.45, 7) is 2.57. The minimum Gasteiger partial charge on any atom is -0.465 e. The molecule has 0 N–H and O–H groups in total. The van der Waals surface area contributed by atoms with Crippen molar-refractivity contribution in [2.24, 2.45) is 5.92 Å². The lowest BCUT2D eigenvalue weighted by Crippen LogP contribution is -2.29. The number of hydrogen-bond acceptors (Lipinski definition) is 4. The van der Waals surface area contributed by atoms with Gasteiger partial charge >= 0.3 is 11.9 Å². The highest BCUT2D eigenvalue weighted by Crippen LogP contribution is 2.30. The molecule has 1 aliphatic rings. The number of rotatable bonds is 7. The Labute approximate surface area is 131 Å². The summed E-state index contributed by atoms with van der Waals surface area (Å²) in [5.74, 6) is -0.898. The largest absolute Gasteiger partial charge is 0.465 e. The molecular formula is C18H24O4. The first-order valence-corrected chi connectivity index (χ1v) is 8.15. The van der Waals surface area contributed by atoms with Crippen LogP contribution in [0.2, 0.25) is 0 Å². The molecule has 0 amide bonds. The van der Waals surface area contributed by atoms with Gasteiger partial charge in [0.05, 0.1) is 18.1 Å². The Morgan fingerprint density at radius 3 is 2.64 bits per heavy atom. The zero-order valence-electron chi connectivity index (χ0n) is 13.1. The summed E-state index contributed by atoms with van der Waals surface area (Å²) in [5.41, 5.74) is 0.518. The van der Waals surface area contributed by atoms with Crippen molar-refractivity contribution >= 4 is 11.9 Å². The summed E-state index contributed by atoms with van der Waals surface area (Å²) in [7, 11) is 0. The van der Waals surface area contributed by atoms with E-state index >= 15 is 0 Å². The Kier molecular flexibility index (Phi) is 6.44. The van der Waals surface area contributed by atoms with Crippen molar-refractivity contribution in [2.75, 3.05) is 6.61 Å². The highest BCUT2D eigenvalue weighted by Gasteiger charge is 2.37. The Hall–Kier alpha value is -1.84. The number of carbonyl (C=O) groups excluding carboxylic acids is 2. The maximum atomic E-state index is 12.1. The van der Waals surface area contributed by atoms with Gasteiger partial charge in [0.25, 0.3) is 0 Å². The minimum atomic E-state index is -0.365. The average molecular weight is 304 g/mol. The molecule has 4 nitrogen and oxygen atoms in total. The standard InChI is InChI=1S/C18H24O4/c1-2-3-7-13-21-18(20)15-11-8-12-16(15)22-17(19)14-9-5-4-6-10-14/h4-6,9-10,15-16H,2-3,7-8,11-13H2,1H3. The van der Waals surface area contributed by atoms with Gasteiger partial charge in [-0.15, -0.1) is 0 Å². The summed E-state index contributed by atoms with van der Waals surface area (Å²) in [4.78, 5) is 24.2. The third-order valence-corrected chi connectivity index (χ3v) is 4.02. The maximum absolute atomic E-state index is 12.1. The van der Waals surface area contributed by atoms with Gasteiger partial charge in [-0.2, -0.15) is 0 Å². The molecule has 0 saturated heterocycles. The molecule has 0 spiro atoms. The summed E-state index contributed by atoms with van der Waals surface area (Å²) < 4.78 is 10.8. The van der Waals surface area contributed by atoms with Crippen LogP contribution in [0.1, 0.15) is 55.8 Å². The quantitative estimate of drug-likeness (QED) is 0.569. The number of unbranched alkanes of at least 4 members (excludes halogenated alkanes) is 2. The van der Waals surface area contributed by atoms with Crippen molar-refractivity contribution in [2.45, 2.75) is 51.6 Å². The van der Waals surface area contributed by atoms with E-state index < -0.39 is 0 Å².